The van der Waals surface area contributed by atoms with Gasteiger partial charge in [0.15, 0.2) is 0 Å². The molecular formula is C17H22ClN3O2. The summed E-state index contributed by atoms with van der Waals surface area (Å²) >= 11 is 0. The van der Waals surface area contributed by atoms with Crippen LogP contribution in [0.5, 0.6) is 0 Å². The second-order valence-corrected chi connectivity index (χ2v) is 6.46. The van der Waals surface area contributed by atoms with E-state index in [0.717, 1.165) is 17.3 Å². The average molecular weight is 336 g/mol. The van der Waals surface area contributed by atoms with Crippen molar-refractivity contribution in [2.75, 3.05) is 19.6 Å². The van der Waals surface area contributed by atoms with E-state index in [-0.39, 0.29) is 29.3 Å². The predicted octanol–water partition coefficient (Wildman–Crippen LogP) is 1.77. The Kier molecular flexibility index (Phi) is 4.82. The number of nitrogens with zero attached hydrogens (tertiary/aromatic N) is 2. The number of halogens is 1. The molecule has 0 radical (unpaired) electrons. The fraction of sp³-hybridized carbons (Fsp3) is 0.412. The van der Waals surface area contributed by atoms with Crippen LogP contribution >= 0.6 is 12.4 Å². The van der Waals surface area contributed by atoms with Crippen LogP contribution in [0.2, 0.25) is 0 Å². The van der Waals surface area contributed by atoms with E-state index < -0.39 is 0 Å². The van der Waals surface area contributed by atoms with E-state index in [4.69, 9.17) is 5.73 Å². The van der Waals surface area contributed by atoms with E-state index in [1.807, 2.05) is 29.2 Å². The van der Waals surface area contributed by atoms with E-state index in [0.29, 0.717) is 25.2 Å². The molecule has 3 rings (SSSR count). The molecule has 2 N–H and O–H groups in total. The van der Waals surface area contributed by atoms with Crippen LogP contribution in [0.25, 0.3) is 10.9 Å². The lowest BCUT2D eigenvalue weighted by Crippen LogP contribution is -2.35. The van der Waals surface area contributed by atoms with E-state index in [1.165, 1.54) is 6.07 Å². The Morgan fingerprint density at radius 3 is 2.70 bits per heavy atom. The summed E-state index contributed by atoms with van der Waals surface area (Å²) < 4.78 is 1.57. The van der Waals surface area contributed by atoms with Crippen LogP contribution in [-0.2, 0) is 7.05 Å². The number of carbonyl (C=O) groups is 1. The highest BCUT2D eigenvalue weighted by Crippen LogP contribution is 2.30. The Balaban J connectivity index is 0.00000192. The van der Waals surface area contributed by atoms with Gasteiger partial charge in [0.2, 0.25) is 0 Å². The fourth-order valence-corrected chi connectivity index (χ4v) is 3.12. The number of likely N-dealkylation sites (tertiary alicyclic amines) is 1. The SMILES string of the molecule is Cl.Cn1c(=O)cc(C(=O)N2CCC(C)(CN)C2)c2ccccc21. The number of carbonyl (C=O) groups excluding carboxylic acids is 1. The van der Waals surface area contributed by atoms with Gasteiger partial charge in [-0.3, -0.25) is 9.59 Å². The van der Waals surface area contributed by atoms with Crippen LogP contribution in [0, 0.1) is 5.41 Å². The normalized spacial score (nSPS) is 20.6. The number of rotatable bonds is 2. The molecule has 1 aromatic carbocycles. The predicted molar refractivity (Wildman–Crippen MR) is 94.1 cm³/mol. The molecule has 0 aliphatic carbocycles. The Labute approximate surface area is 141 Å². The minimum absolute atomic E-state index is 0. The first kappa shape index (κ1) is 17.5. The van der Waals surface area contributed by atoms with E-state index in [9.17, 15) is 9.59 Å². The van der Waals surface area contributed by atoms with Gasteiger partial charge in [0, 0.05) is 31.6 Å². The van der Waals surface area contributed by atoms with Crippen molar-refractivity contribution in [2.45, 2.75) is 13.3 Å². The summed E-state index contributed by atoms with van der Waals surface area (Å²) in [5.41, 5.74) is 6.89. The molecule has 2 aromatic rings. The van der Waals surface area contributed by atoms with E-state index in [1.54, 1.807) is 11.6 Å². The maximum absolute atomic E-state index is 12.9. The summed E-state index contributed by atoms with van der Waals surface area (Å²) in [5.74, 6) is -0.0777. The number of hydrogen-bond acceptors (Lipinski definition) is 3. The van der Waals surface area contributed by atoms with Crippen LogP contribution < -0.4 is 11.3 Å². The number of nitrogens with two attached hydrogens (primary N) is 1. The van der Waals surface area contributed by atoms with Crippen LogP contribution in [0.1, 0.15) is 23.7 Å². The Morgan fingerprint density at radius 1 is 1.35 bits per heavy atom. The van der Waals surface area contributed by atoms with Gasteiger partial charge in [0.25, 0.3) is 11.5 Å². The van der Waals surface area contributed by atoms with Crippen LogP contribution in [0.3, 0.4) is 0 Å². The smallest absolute Gasteiger partial charge is 0.254 e. The molecule has 1 fully saturated rings. The second kappa shape index (κ2) is 6.34. The minimum atomic E-state index is -0.164. The lowest BCUT2D eigenvalue weighted by molar-refractivity contribution is 0.0778. The van der Waals surface area contributed by atoms with Gasteiger partial charge >= 0.3 is 0 Å². The first-order valence-corrected chi connectivity index (χ1v) is 7.53. The van der Waals surface area contributed by atoms with Crippen molar-refractivity contribution in [3.05, 3.63) is 46.2 Å². The first-order chi connectivity index (χ1) is 10.4. The number of amides is 1. The van der Waals surface area contributed by atoms with Gasteiger partial charge in [-0.1, -0.05) is 25.1 Å². The molecule has 0 spiro atoms. The second-order valence-electron chi connectivity index (χ2n) is 6.46. The molecule has 1 aromatic heterocycles. The van der Waals surface area contributed by atoms with Crippen molar-refractivity contribution in [1.29, 1.82) is 0 Å². The van der Waals surface area contributed by atoms with Crippen molar-refractivity contribution in [2.24, 2.45) is 18.2 Å². The standard InChI is InChI=1S/C17H21N3O2.ClH/c1-17(10-18)7-8-20(11-17)16(22)13-9-15(21)19(2)14-6-4-3-5-12(13)14;/h3-6,9H,7-8,10-11,18H2,1-2H3;1H. The zero-order chi connectivity index (χ0) is 15.9. The molecule has 2 heterocycles. The maximum Gasteiger partial charge on any atom is 0.254 e. The van der Waals surface area contributed by atoms with Crippen LogP contribution in [-0.4, -0.2) is 35.0 Å². The maximum atomic E-state index is 12.9. The zero-order valence-corrected chi connectivity index (χ0v) is 14.2. The molecule has 0 bridgehead atoms. The van der Waals surface area contributed by atoms with Crippen LogP contribution in [0.15, 0.2) is 35.1 Å². The minimum Gasteiger partial charge on any atom is -0.338 e. The van der Waals surface area contributed by atoms with E-state index in [2.05, 4.69) is 6.92 Å². The molecule has 1 unspecified atom stereocenters. The fourth-order valence-electron chi connectivity index (χ4n) is 3.12. The van der Waals surface area contributed by atoms with Crippen molar-refractivity contribution in [1.82, 2.24) is 9.47 Å². The molecule has 0 saturated carbocycles. The molecule has 124 valence electrons. The molecule has 23 heavy (non-hydrogen) atoms. The van der Waals surface area contributed by atoms with Crippen molar-refractivity contribution < 1.29 is 4.79 Å². The number of benzene rings is 1. The largest absolute Gasteiger partial charge is 0.338 e. The Morgan fingerprint density at radius 2 is 2.04 bits per heavy atom. The molecule has 1 aliphatic rings. The summed E-state index contributed by atoms with van der Waals surface area (Å²) in [5, 5.41) is 0.816. The lowest BCUT2D eigenvalue weighted by Gasteiger charge is -2.23. The van der Waals surface area contributed by atoms with Gasteiger partial charge < -0.3 is 15.2 Å². The van der Waals surface area contributed by atoms with Crippen LogP contribution in [0.4, 0.5) is 0 Å². The number of aromatic nitrogens is 1. The third-order valence-electron chi connectivity index (χ3n) is 4.72. The lowest BCUT2D eigenvalue weighted by atomic mass is 9.90. The number of fused-ring (bicyclic) bond motifs is 1. The molecule has 1 aliphatic heterocycles. The number of pyridine rings is 1. The summed E-state index contributed by atoms with van der Waals surface area (Å²) in [6, 6.07) is 8.96. The average Bonchev–Trinajstić information content (AvgIpc) is 2.93. The first-order valence-electron chi connectivity index (χ1n) is 7.53. The highest BCUT2D eigenvalue weighted by molar-refractivity contribution is 6.06. The summed E-state index contributed by atoms with van der Waals surface area (Å²) in [6.07, 6.45) is 0.901. The molecular weight excluding hydrogens is 314 g/mol. The molecule has 1 amide bonds. The highest BCUT2D eigenvalue weighted by Gasteiger charge is 2.35. The van der Waals surface area contributed by atoms with Crippen molar-refractivity contribution in [3.63, 3.8) is 0 Å². The Bertz CT molecular complexity index is 802. The molecule has 6 heteroatoms. The van der Waals surface area contributed by atoms with Gasteiger partial charge in [0.1, 0.15) is 0 Å². The number of aryl methyl sites for hydroxylation is 1. The summed E-state index contributed by atoms with van der Waals surface area (Å²) in [6.45, 7) is 4.00. The molecule has 5 nitrogen and oxygen atoms in total. The zero-order valence-electron chi connectivity index (χ0n) is 13.4. The van der Waals surface area contributed by atoms with Gasteiger partial charge in [-0.05, 0) is 24.4 Å². The van der Waals surface area contributed by atoms with Crippen molar-refractivity contribution in [3.8, 4) is 0 Å². The van der Waals surface area contributed by atoms with E-state index >= 15 is 0 Å². The molecule has 1 atom stereocenters. The van der Waals surface area contributed by atoms with Gasteiger partial charge in [-0.15, -0.1) is 12.4 Å². The van der Waals surface area contributed by atoms with Gasteiger partial charge in [-0.2, -0.15) is 0 Å². The third-order valence-corrected chi connectivity index (χ3v) is 4.72. The Hall–Kier alpha value is -1.85. The topological polar surface area (TPSA) is 68.3 Å². The van der Waals surface area contributed by atoms with Gasteiger partial charge in [-0.25, -0.2) is 0 Å². The monoisotopic (exact) mass is 335 g/mol. The quantitative estimate of drug-likeness (QED) is 0.909. The van der Waals surface area contributed by atoms with Crippen molar-refractivity contribution >= 4 is 29.2 Å². The summed E-state index contributed by atoms with van der Waals surface area (Å²) in [7, 11) is 1.72. The molecule has 1 saturated heterocycles. The highest BCUT2D eigenvalue weighted by atomic mass is 35.5. The number of para-hydroxylation sites is 1. The number of hydrogen-bond donors (Lipinski definition) is 1. The summed E-state index contributed by atoms with van der Waals surface area (Å²) in [4.78, 5) is 26.8. The van der Waals surface area contributed by atoms with Gasteiger partial charge in [0.05, 0.1) is 11.1 Å². The third kappa shape index (κ3) is 2.99.